The summed E-state index contributed by atoms with van der Waals surface area (Å²) in [7, 11) is -5.89. The number of hydrogen-bond acceptors (Lipinski definition) is 2. The summed E-state index contributed by atoms with van der Waals surface area (Å²) in [5.74, 6) is 1.39. The molecule has 0 spiro atoms. The normalized spacial score (nSPS) is 15.0. The van der Waals surface area contributed by atoms with Gasteiger partial charge in [0.2, 0.25) is 0 Å². The molecule has 0 atom stereocenters. The molecule has 83 heavy (non-hydrogen) atoms. The molecular weight excluding hydrogens is 1210 g/mol. The number of imidazole rings is 1. The Morgan fingerprint density at radius 2 is 1.05 bits per heavy atom. The number of benzene rings is 9. The molecule has 3 aromatic heterocycles. The van der Waals surface area contributed by atoms with Gasteiger partial charge in [0, 0.05) is 44.3 Å². The van der Waals surface area contributed by atoms with E-state index in [0.29, 0.717) is 44.9 Å². The zero-order chi connectivity index (χ0) is 70.4. The molecule has 0 aliphatic rings. The average Bonchev–Trinajstić information content (AvgIpc) is 0.707. The topological polar surface area (TPSA) is 35.9 Å². The molecule has 0 fully saturated rings. The van der Waals surface area contributed by atoms with Crippen molar-refractivity contribution in [2.24, 2.45) is 0 Å². The predicted octanol–water partition coefficient (Wildman–Crippen LogP) is 15.8. The fourth-order valence-corrected chi connectivity index (χ4v) is 14.9. The van der Waals surface area contributed by atoms with E-state index < -0.39 is 131 Å². The molecule has 0 saturated carbocycles. The number of para-hydroxylation sites is 3. The van der Waals surface area contributed by atoms with Crippen molar-refractivity contribution in [1.82, 2.24) is 14.1 Å². The Morgan fingerprint density at radius 3 is 1.64 bits per heavy atom. The van der Waals surface area contributed by atoms with Gasteiger partial charge in [-0.15, -0.1) is 29.7 Å². The molecule has 0 unspecified atom stereocenters. The Hall–Kier alpha value is -7.89. The SMILES string of the molecule is [2H]c1c([2H])c([2H])c([Si](c2cc(C(C)(C)C)cc(-c3cc(C(C)(C)C)cc(C(C)(C)C)c3)c2-[n+]2[c-]n(-c3[c-]c(Oc4[c-]c5c(cc4)c4ccccc4n5-c4cc(C(C)(C)C)ccn4)ccc3)c3ccccc32)(c2c([2H])c([2H])c([2H])c([2H])c2[2H])c2c([2H])c([2H])c([2H])c([2H])c2[2H])c([2H])c1[2H].[Pt]. The largest absolute Gasteiger partial charge is 0.510 e. The van der Waals surface area contributed by atoms with Crippen molar-refractivity contribution in [2.75, 3.05) is 0 Å². The number of aromatic nitrogens is 4. The maximum atomic E-state index is 10.2. The summed E-state index contributed by atoms with van der Waals surface area (Å²) in [5.41, 5.74) is 5.71. The summed E-state index contributed by atoms with van der Waals surface area (Å²) < 4.78 is 157. The number of pyridine rings is 1. The van der Waals surface area contributed by atoms with E-state index in [1.54, 1.807) is 27.3 Å². The van der Waals surface area contributed by atoms with Gasteiger partial charge in [-0.2, -0.15) is 18.2 Å². The summed E-state index contributed by atoms with van der Waals surface area (Å²) >= 11 is 0. The van der Waals surface area contributed by atoms with Crippen LogP contribution in [0.5, 0.6) is 11.5 Å². The zero-order valence-electron chi connectivity index (χ0n) is 63.6. The van der Waals surface area contributed by atoms with E-state index in [1.807, 2.05) is 93.7 Å². The van der Waals surface area contributed by atoms with Crippen LogP contribution in [0.15, 0.2) is 218 Å². The fraction of sp³-hybridized carbons (Fsp3) is 0.211. The molecule has 12 aromatic rings. The number of ether oxygens (including phenoxy) is 1. The van der Waals surface area contributed by atoms with Gasteiger partial charge in [-0.3, -0.25) is 4.57 Å². The van der Waals surface area contributed by atoms with E-state index in [9.17, 15) is 16.4 Å². The third-order valence-corrected chi connectivity index (χ3v) is 19.6. The quantitative estimate of drug-likeness (QED) is 0.0592. The molecule has 0 N–H and O–H groups in total. The predicted molar refractivity (Wildman–Crippen MR) is 344 cm³/mol. The van der Waals surface area contributed by atoms with Gasteiger partial charge in [0.1, 0.15) is 5.82 Å². The van der Waals surface area contributed by atoms with Crippen molar-refractivity contribution >= 4 is 61.7 Å². The molecule has 7 heteroatoms. The molecule has 0 amide bonds. The van der Waals surface area contributed by atoms with Crippen molar-refractivity contribution in [3.05, 3.63) is 259 Å². The first-order chi connectivity index (χ1) is 45.4. The van der Waals surface area contributed by atoms with Crippen LogP contribution in [0.1, 0.15) is 126 Å². The average molecular weight is 1300 g/mol. The second kappa shape index (κ2) is 21.7. The first kappa shape index (κ1) is 41.2. The number of fused-ring (bicyclic) bond motifs is 4. The Labute approximate surface area is 527 Å². The van der Waals surface area contributed by atoms with Crippen LogP contribution in [0.4, 0.5) is 0 Å². The van der Waals surface area contributed by atoms with Gasteiger partial charge in [0.15, 0.2) is 8.07 Å². The molecule has 3 heterocycles. The van der Waals surface area contributed by atoms with E-state index in [4.69, 9.17) is 13.8 Å². The smallest absolute Gasteiger partial charge is 0.268 e. The molecule has 0 radical (unpaired) electrons. The zero-order valence-corrected chi connectivity index (χ0v) is 51.9. The summed E-state index contributed by atoms with van der Waals surface area (Å²) in [5, 5.41) is 0.0665. The molecule has 0 saturated heterocycles. The van der Waals surface area contributed by atoms with Crippen molar-refractivity contribution in [1.29, 1.82) is 0 Å². The van der Waals surface area contributed by atoms with Gasteiger partial charge in [-0.25, -0.2) is 4.98 Å². The van der Waals surface area contributed by atoms with Gasteiger partial charge >= 0.3 is 0 Å². The van der Waals surface area contributed by atoms with Crippen LogP contribution in [0, 0.1) is 18.5 Å². The van der Waals surface area contributed by atoms with E-state index in [0.717, 1.165) is 44.3 Å². The summed E-state index contributed by atoms with van der Waals surface area (Å²) in [6.45, 7) is 24.9. The van der Waals surface area contributed by atoms with Crippen molar-refractivity contribution < 1.29 is 50.9 Å². The standard InChI is InChI=1S/C76H72N4OSi.Pt/c1-73(2,3)53-41-42-77-71(48-53)80-66-36-23-22-35-63(66)64-40-39-59(50-69(64)80)81-58-28-26-27-57(49-58)78-51-79(68-38-25-24-37-67(68)78)72-65(52-43-54(74(4,5)6)45-55(44-52)75(7,8)9)46-56(76(10,11)12)47-70(72)82(60-29-16-13-17-30-60,61-31-18-14-19-32-61)62-33-20-15-21-34-62;/h13-48H,1-12H3;/q-2;/i13D,14D,15D,16D,17D,18D,19D,20D,21D,29D,30D,31D,32D,33D,34D;. The minimum atomic E-state index is -5.89. The minimum absolute atomic E-state index is 0. The molecule has 9 aromatic carbocycles. The van der Waals surface area contributed by atoms with Crippen LogP contribution in [-0.2, 0) is 42.7 Å². The van der Waals surface area contributed by atoms with Crippen LogP contribution in [0.2, 0.25) is 0 Å². The number of hydrogen-bond donors (Lipinski definition) is 0. The second-order valence-electron chi connectivity index (χ2n) is 25.1. The van der Waals surface area contributed by atoms with Crippen molar-refractivity contribution in [3.8, 4) is 39.8 Å². The van der Waals surface area contributed by atoms with Crippen LogP contribution < -0.4 is 30.1 Å². The second-order valence-corrected chi connectivity index (χ2v) is 28.6. The van der Waals surface area contributed by atoms with E-state index in [1.165, 1.54) is 0 Å². The van der Waals surface area contributed by atoms with Crippen LogP contribution in [0.25, 0.3) is 61.2 Å². The van der Waals surface area contributed by atoms with Gasteiger partial charge in [-0.05, 0) is 105 Å². The Bertz CT molecular complexity index is 5000. The Morgan fingerprint density at radius 1 is 0.506 bits per heavy atom. The maximum Gasteiger partial charge on any atom is 0.268 e. The first-order valence-electron chi connectivity index (χ1n) is 35.0. The van der Waals surface area contributed by atoms with Crippen molar-refractivity contribution in [3.63, 3.8) is 0 Å². The molecule has 0 aliphatic carbocycles. The molecule has 418 valence electrons. The first-order valence-corrected chi connectivity index (χ1v) is 29.5. The Kier molecular flexibility index (Phi) is 10.8. The molecule has 0 aliphatic heterocycles. The van der Waals surface area contributed by atoms with E-state index in [2.05, 4.69) is 122 Å². The van der Waals surface area contributed by atoms with Crippen LogP contribution >= 0.6 is 0 Å². The molecule has 12 rings (SSSR count). The van der Waals surface area contributed by atoms with Gasteiger partial charge in [0.05, 0.1) is 37.3 Å². The summed E-state index contributed by atoms with van der Waals surface area (Å²) in [6, 6.07) is 32.9. The molecule has 5 nitrogen and oxygen atoms in total. The van der Waals surface area contributed by atoms with Crippen molar-refractivity contribution in [2.45, 2.75) is 105 Å². The fourth-order valence-electron chi connectivity index (χ4n) is 10.9. The summed E-state index contributed by atoms with van der Waals surface area (Å²) in [6.07, 6.45) is 5.48. The number of rotatable bonds is 10. The Balaban J connectivity index is 0.00000972. The molecule has 0 bridgehead atoms. The van der Waals surface area contributed by atoms with Gasteiger partial charge in [0.25, 0.3) is 6.33 Å². The van der Waals surface area contributed by atoms with Gasteiger partial charge < -0.3 is 13.9 Å². The van der Waals surface area contributed by atoms with Crippen LogP contribution in [-0.4, -0.2) is 22.2 Å². The maximum absolute atomic E-state index is 10.2. The number of nitrogens with zero attached hydrogens (tertiary/aromatic N) is 4. The summed E-state index contributed by atoms with van der Waals surface area (Å²) in [4.78, 5) is 4.86. The third kappa shape index (κ3) is 10.5. The van der Waals surface area contributed by atoms with Crippen LogP contribution in [0.3, 0.4) is 0 Å². The monoisotopic (exact) mass is 1290 g/mol. The van der Waals surface area contributed by atoms with Gasteiger partial charge in [-0.1, -0.05) is 252 Å². The molecular formula is C76H72N4OPtSi-2. The third-order valence-electron chi connectivity index (χ3n) is 15.4. The minimum Gasteiger partial charge on any atom is -0.510 e. The van der Waals surface area contributed by atoms with E-state index in [-0.39, 0.29) is 37.4 Å². The van der Waals surface area contributed by atoms with E-state index >= 15 is 0 Å².